The van der Waals surface area contributed by atoms with Crippen LogP contribution in [0.2, 0.25) is 0 Å². The standard InChI is InChI=1S/C11H16N2O3.ClH/c1-7(12)11(14)13-9-5-4-8(15-2)6-10(9)16-3;/h4-7H,12H2,1-3H3,(H,13,14);1H/t7-;/m0./s1. The van der Waals surface area contributed by atoms with Crippen molar-refractivity contribution in [3.8, 4) is 11.5 Å². The number of benzene rings is 1. The van der Waals surface area contributed by atoms with E-state index in [1.54, 1.807) is 32.2 Å². The highest BCUT2D eigenvalue weighted by molar-refractivity contribution is 5.95. The molecule has 1 amide bonds. The lowest BCUT2D eigenvalue weighted by atomic mass is 10.2. The van der Waals surface area contributed by atoms with Crippen molar-refractivity contribution in [2.75, 3.05) is 19.5 Å². The van der Waals surface area contributed by atoms with Crippen LogP contribution in [0.4, 0.5) is 5.69 Å². The lowest BCUT2D eigenvalue weighted by molar-refractivity contribution is -0.117. The molecule has 96 valence electrons. The van der Waals surface area contributed by atoms with Crippen molar-refractivity contribution in [3.63, 3.8) is 0 Å². The van der Waals surface area contributed by atoms with Crippen molar-refractivity contribution < 1.29 is 14.3 Å². The molecule has 5 nitrogen and oxygen atoms in total. The van der Waals surface area contributed by atoms with Crippen LogP contribution in [-0.2, 0) is 4.79 Å². The van der Waals surface area contributed by atoms with Gasteiger partial charge in [-0.3, -0.25) is 4.79 Å². The van der Waals surface area contributed by atoms with Crippen LogP contribution in [-0.4, -0.2) is 26.2 Å². The molecule has 0 unspecified atom stereocenters. The van der Waals surface area contributed by atoms with Gasteiger partial charge in [0.25, 0.3) is 0 Å². The van der Waals surface area contributed by atoms with Gasteiger partial charge < -0.3 is 20.5 Å². The fourth-order valence-electron chi connectivity index (χ4n) is 1.15. The average Bonchev–Trinajstić information content (AvgIpc) is 2.29. The summed E-state index contributed by atoms with van der Waals surface area (Å²) in [6, 6.07) is 4.57. The third-order valence-electron chi connectivity index (χ3n) is 2.08. The Morgan fingerprint density at radius 2 is 2.00 bits per heavy atom. The number of hydrogen-bond donors (Lipinski definition) is 2. The Hall–Kier alpha value is -1.46. The summed E-state index contributed by atoms with van der Waals surface area (Å²) in [5, 5.41) is 2.67. The van der Waals surface area contributed by atoms with Crippen LogP contribution in [0.1, 0.15) is 6.92 Å². The van der Waals surface area contributed by atoms with Crippen LogP contribution in [0.15, 0.2) is 18.2 Å². The Bertz CT molecular complexity index is 383. The number of hydrogen-bond acceptors (Lipinski definition) is 4. The summed E-state index contributed by atoms with van der Waals surface area (Å²) < 4.78 is 10.2. The van der Waals surface area contributed by atoms with Crippen LogP contribution in [0, 0.1) is 0 Å². The van der Waals surface area contributed by atoms with Crippen molar-refractivity contribution in [2.24, 2.45) is 5.73 Å². The number of nitrogens with two attached hydrogens (primary N) is 1. The van der Waals surface area contributed by atoms with E-state index in [0.717, 1.165) is 0 Å². The van der Waals surface area contributed by atoms with Gasteiger partial charge in [0.2, 0.25) is 5.91 Å². The van der Waals surface area contributed by atoms with E-state index in [1.165, 1.54) is 7.11 Å². The molecule has 0 aliphatic carbocycles. The molecule has 17 heavy (non-hydrogen) atoms. The van der Waals surface area contributed by atoms with E-state index >= 15 is 0 Å². The van der Waals surface area contributed by atoms with Crippen molar-refractivity contribution in [1.29, 1.82) is 0 Å². The number of ether oxygens (including phenoxy) is 2. The number of rotatable bonds is 4. The number of halogens is 1. The zero-order valence-corrected chi connectivity index (χ0v) is 10.8. The van der Waals surface area contributed by atoms with Crippen molar-refractivity contribution in [2.45, 2.75) is 13.0 Å². The number of amides is 1. The molecule has 0 radical (unpaired) electrons. The zero-order chi connectivity index (χ0) is 12.1. The maximum absolute atomic E-state index is 11.4. The average molecular weight is 261 g/mol. The molecule has 1 aromatic carbocycles. The molecule has 0 aliphatic heterocycles. The highest BCUT2D eigenvalue weighted by atomic mass is 35.5. The Balaban J connectivity index is 0.00000256. The highest BCUT2D eigenvalue weighted by Gasteiger charge is 2.11. The van der Waals surface area contributed by atoms with Gasteiger partial charge in [-0.25, -0.2) is 0 Å². The summed E-state index contributed by atoms with van der Waals surface area (Å²) >= 11 is 0. The molecule has 1 atom stereocenters. The smallest absolute Gasteiger partial charge is 0.241 e. The topological polar surface area (TPSA) is 73.6 Å². The Morgan fingerprint density at radius 1 is 1.35 bits per heavy atom. The molecular formula is C11H17ClN2O3. The second-order valence-corrected chi connectivity index (χ2v) is 3.34. The summed E-state index contributed by atoms with van der Waals surface area (Å²) in [7, 11) is 3.09. The molecule has 1 rings (SSSR count). The van der Waals surface area contributed by atoms with Gasteiger partial charge in [0, 0.05) is 6.07 Å². The van der Waals surface area contributed by atoms with E-state index in [0.29, 0.717) is 17.2 Å². The Morgan fingerprint density at radius 3 is 2.47 bits per heavy atom. The molecule has 0 spiro atoms. The summed E-state index contributed by atoms with van der Waals surface area (Å²) in [5.74, 6) is 0.937. The fraction of sp³-hybridized carbons (Fsp3) is 0.364. The Labute approximate surface area is 107 Å². The summed E-state index contributed by atoms with van der Waals surface area (Å²) in [6.45, 7) is 1.62. The predicted octanol–water partition coefficient (Wildman–Crippen LogP) is 1.41. The van der Waals surface area contributed by atoms with Crippen LogP contribution in [0.25, 0.3) is 0 Å². The third kappa shape index (κ3) is 4.13. The van der Waals surface area contributed by atoms with E-state index in [2.05, 4.69) is 5.32 Å². The van der Waals surface area contributed by atoms with Gasteiger partial charge in [0.1, 0.15) is 11.5 Å². The summed E-state index contributed by atoms with van der Waals surface area (Å²) in [5.41, 5.74) is 6.03. The maximum Gasteiger partial charge on any atom is 0.241 e. The number of methoxy groups -OCH3 is 2. The quantitative estimate of drug-likeness (QED) is 0.859. The van der Waals surface area contributed by atoms with Crippen molar-refractivity contribution >= 4 is 24.0 Å². The second kappa shape index (κ2) is 6.98. The first-order chi connectivity index (χ1) is 7.58. The fourth-order valence-corrected chi connectivity index (χ4v) is 1.15. The first-order valence-corrected chi connectivity index (χ1v) is 4.87. The second-order valence-electron chi connectivity index (χ2n) is 3.34. The lowest BCUT2D eigenvalue weighted by Crippen LogP contribution is -2.32. The van der Waals surface area contributed by atoms with Gasteiger partial charge in [-0.05, 0) is 19.1 Å². The van der Waals surface area contributed by atoms with Crippen molar-refractivity contribution in [3.05, 3.63) is 18.2 Å². The van der Waals surface area contributed by atoms with Crippen molar-refractivity contribution in [1.82, 2.24) is 0 Å². The minimum atomic E-state index is -0.563. The number of nitrogens with one attached hydrogen (secondary N) is 1. The largest absolute Gasteiger partial charge is 0.497 e. The number of carbonyl (C=O) groups is 1. The first kappa shape index (κ1) is 15.5. The van der Waals surface area contributed by atoms with E-state index in [-0.39, 0.29) is 18.3 Å². The van der Waals surface area contributed by atoms with Crippen LogP contribution >= 0.6 is 12.4 Å². The normalized spacial score (nSPS) is 11.1. The Kier molecular flexibility index (Phi) is 6.38. The molecule has 0 fully saturated rings. The maximum atomic E-state index is 11.4. The van der Waals surface area contributed by atoms with Gasteiger partial charge in [0.15, 0.2) is 0 Å². The molecule has 3 N–H and O–H groups in total. The third-order valence-corrected chi connectivity index (χ3v) is 2.08. The molecule has 0 saturated carbocycles. The van der Waals surface area contributed by atoms with Gasteiger partial charge in [-0.1, -0.05) is 0 Å². The van der Waals surface area contributed by atoms with E-state index in [9.17, 15) is 4.79 Å². The SMILES string of the molecule is COc1ccc(NC(=O)[C@H](C)N)c(OC)c1.Cl. The minimum Gasteiger partial charge on any atom is -0.497 e. The van der Waals surface area contributed by atoms with Gasteiger partial charge in [-0.15, -0.1) is 12.4 Å². The molecule has 0 bridgehead atoms. The van der Waals surface area contributed by atoms with Crippen LogP contribution in [0.3, 0.4) is 0 Å². The van der Waals surface area contributed by atoms with Gasteiger partial charge in [-0.2, -0.15) is 0 Å². The monoisotopic (exact) mass is 260 g/mol. The highest BCUT2D eigenvalue weighted by Crippen LogP contribution is 2.28. The van der Waals surface area contributed by atoms with E-state index < -0.39 is 6.04 Å². The van der Waals surface area contributed by atoms with Crippen LogP contribution in [0.5, 0.6) is 11.5 Å². The summed E-state index contributed by atoms with van der Waals surface area (Å²) in [4.78, 5) is 11.4. The van der Waals surface area contributed by atoms with E-state index in [1.807, 2.05) is 0 Å². The molecule has 6 heteroatoms. The number of carbonyl (C=O) groups excluding carboxylic acids is 1. The number of anilines is 1. The summed E-state index contributed by atoms with van der Waals surface area (Å²) in [6.07, 6.45) is 0. The minimum absolute atomic E-state index is 0. The van der Waals surface area contributed by atoms with E-state index in [4.69, 9.17) is 15.2 Å². The molecule has 1 aromatic rings. The molecule has 0 aromatic heterocycles. The van der Waals surface area contributed by atoms with Gasteiger partial charge in [0.05, 0.1) is 25.9 Å². The molecule has 0 heterocycles. The lowest BCUT2D eigenvalue weighted by Gasteiger charge is -2.12. The van der Waals surface area contributed by atoms with Gasteiger partial charge >= 0.3 is 0 Å². The molecule has 0 saturated heterocycles. The van der Waals surface area contributed by atoms with Crippen LogP contribution < -0.4 is 20.5 Å². The molecular weight excluding hydrogens is 244 g/mol. The first-order valence-electron chi connectivity index (χ1n) is 4.87. The zero-order valence-electron chi connectivity index (χ0n) is 10.0. The predicted molar refractivity (Wildman–Crippen MR) is 69.1 cm³/mol. The molecule has 0 aliphatic rings.